The van der Waals surface area contributed by atoms with Gasteiger partial charge in [-0.2, -0.15) is 0 Å². The predicted molar refractivity (Wildman–Crippen MR) is 42.2 cm³/mol. The SMILES string of the molecule is Cc1ccc([N+](=O)[O-])c(C(=O)[O-])c1.[K+]. The summed E-state index contributed by atoms with van der Waals surface area (Å²) in [4.78, 5) is 20.1. The summed E-state index contributed by atoms with van der Waals surface area (Å²) in [5.74, 6) is -1.53. The minimum atomic E-state index is -1.53. The Morgan fingerprint density at radius 1 is 1.43 bits per heavy atom. The molecule has 6 heteroatoms. The van der Waals surface area contributed by atoms with Crippen molar-refractivity contribution in [1.29, 1.82) is 0 Å². The summed E-state index contributed by atoms with van der Waals surface area (Å²) >= 11 is 0. The minimum absolute atomic E-state index is 0. The van der Waals surface area contributed by atoms with Crippen LogP contribution in [0.15, 0.2) is 18.2 Å². The van der Waals surface area contributed by atoms with Crippen molar-refractivity contribution in [1.82, 2.24) is 0 Å². The maximum Gasteiger partial charge on any atom is 1.00 e. The fourth-order valence-electron chi connectivity index (χ4n) is 0.973. The van der Waals surface area contributed by atoms with Crippen LogP contribution in [0.1, 0.15) is 15.9 Å². The minimum Gasteiger partial charge on any atom is -0.545 e. The van der Waals surface area contributed by atoms with Crippen LogP contribution in [-0.2, 0) is 0 Å². The zero-order valence-electron chi connectivity index (χ0n) is 7.81. The summed E-state index contributed by atoms with van der Waals surface area (Å²) < 4.78 is 0. The molecular weight excluding hydrogens is 213 g/mol. The Hall–Kier alpha value is -0.274. The number of carboxylic acids is 1. The Bertz CT molecular complexity index is 378. The Morgan fingerprint density at radius 3 is 2.43 bits per heavy atom. The number of carbonyl (C=O) groups is 1. The number of nitro benzene ring substituents is 1. The second-order valence-electron chi connectivity index (χ2n) is 2.57. The molecule has 0 saturated heterocycles. The fraction of sp³-hybridized carbons (Fsp3) is 0.125. The Kier molecular flexibility index (Phi) is 5.46. The third kappa shape index (κ3) is 3.14. The molecule has 0 aromatic heterocycles. The number of hydrogen-bond donors (Lipinski definition) is 0. The quantitative estimate of drug-likeness (QED) is 0.307. The van der Waals surface area contributed by atoms with Gasteiger partial charge in [0.15, 0.2) is 0 Å². The van der Waals surface area contributed by atoms with Gasteiger partial charge in [0.1, 0.15) is 0 Å². The maximum absolute atomic E-state index is 10.5. The van der Waals surface area contributed by atoms with Gasteiger partial charge in [-0.05, 0) is 18.6 Å². The van der Waals surface area contributed by atoms with E-state index in [0.29, 0.717) is 5.56 Å². The molecule has 0 heterocycles. The van der Waals surface area contributed by atoms with E-state index in [1.807, 2.05) is 0 Å². The molecule has 5 nitrogen and oxygen atoms in total. The van der Waals surface area contributed by atoms with Crippen molar-refractivity contribution in [2.24, 2.45) is 0 Å². The zero-order chi connectivity index (χ0) is 10.0. The van der Waals surface area contributed by atoms with Crippen molar-refractivity contribution in [3.05, 3.63) is 39.4 Å². The molecule has 14 heavy (non-hydrogen) atoms. The van der Waals surface area contributed by atoms with Gasteiger partial charge in [-0.25, -0.2) is 0 Å². The zero-order valence-corrected chi connectivity index (χ0v) is 10.9. The molecule has 0 N–H and O–H groups in total. The average Bonchev–Trinajstić information content (AvgIpc) is 2.03. The molecule has 0 aliphatic carbocycles. The van der Waals surface area contributed by atoms with E-state index in [1.165, 1.54) is 12.1 Å². The van der Waals surface area contributed by atoms with Crippen molar-refractivity contribution in [3.63, 3.8) is 0 Å². The van der Waals surface area contributed by atoms with Gasteiger partial charge in [0, 0.05) is 6.07 Å². The third-order valence-electron chi connectivity index (χ3n) is 1.57. The first-order valence-electron chi connectivity index (χ1n) is 3.49. The normalized spacial score (nSPS) is 8.93. The first-order valence-corrected chi connectivity index (χ1v) is 3.49. The molecule has 0 amide bonds. The molecule has 1 rings (SSSR count). The average molecular weight is 219 g/mol. The van der Waals surface area contributed by atoms with Crippen LogP contribution in [0.3, 0.4) is 0 Å². The monoisotopic (exact) mass is 219 g/mol. The van der Waals surface area contributed by atoms with Crippen molar-refractivity contribution in [2.75, 3.05) is 0 Å². The molecule has 0 radical (unpaired) electrons. The van der Waals surface area contributed by atoms with E-state index in [2.05, 4.69) is 0 Å². The van der Waals surface area contributed by atoms with Crippen molar-refractivity contribution >= 4 is 11.7 Å². The van der Waals surface area contributed by atoms with E-state index in [4.69, 9.17) is 0 Å². The molecule has 0 unspecified atom stereocenters. The van der Waals surface area contributed by atoms with Gasteiger partial charge in [-0.3, -0.25) is 10.1 Å². The van der Waals surface area contributed by atoms with E-state index in [-0.39, 0.29) is 56.9 Å². The number of hydrogen-bond acceptors (Lipinski definition) is 4. The standard InChI is InChI=1S/C8H7NO4.K/c1-5-2-3-7(9(12)13)6(4-5)8(10)11;/h2-4H,1H3,(H,10,11);/q;+1/p-1. The van der Waals surface area contributed by atoms with Crippen LogP contribution in [0, 0.1) is 17.0 Å². The number of rotatable bonds is 2. The topological polar surface area (TPSA) is 83.3 Å². The van der Waals surface area contributed by atoms with Crippen LogP contribution in [0.25, 0.3) is 0 Å². The molecule has 0 fully saturated rings. The Labute approximate surface area is 123 Å². The molecular formula is C8H6KNO4. The molecule has 0 aliphatic heterocycles. The van der Waals surface area contributed by atoms with Gasteiger partial charge >= 0.3 is 51.4 Å². The van der Waals surface area contributed by atoms with Crippen LogP contribution in [-0.4, -0.2) is 10.9 Å². The molecule has 0 aliphatic rings. The van der Waals surface area contributed by atoms with Gasteiger partial charge in [0.05, 0.1) is 16.5 Å². The van der Waals surface area contributed by atoms with Gasteiger partial charge in [-0.15, -0.1) is 0 Å². The molecule has 68 valence electrons. The van der Waals surface area contributed by atoms with Gasteiger partial charge in [0.25, 0.3) is 5.69 Å². The van der Waals surface area contributed by atoms with E-state index in [1.54, 1.807) is 6.92 Å². The van der Waals surface area contributed by atoms with Crippen LogP contribution in [0.2, 0.25) is 0 Å². The second-order valence-corrected chi connectivity index (χ2v) is 2.57. The summed E-state index contributed by atoms with van der Waals surface area (Å²) in [5, 5.41) is 20.8. The van der Waals surface area contributed by atoms with Gasteiger partial charge in [-0.1, -0.05) is 6.07 Å². The molecule has 0 saturated carbocycles. The third-order valence-corrected chi connectivity index (χ3v) is 1.57. The van der Waals surface area contributed by atoms with Crippen molar-refractivity contribution < 1.29 is 66.2 Å². The number of nitro groups is 1. The first-order chi connectivity index (χ1) is 6.02. The van der Waals surface area contributed by atoms with Crippen LogP contribution in [0.5, 0.6) is 0 Å². The Balaban J connectivity index is 0.00000169. The molecule has 0 atom stereocenters. The number of nitrogens with zero attached hydrogens (tertiary/aromatic N) is 1. The molecule has 1 aromatic rings. The maximum atomic E-state index is 10.5. The predicted octanol–water partition coefficient (Wildman–Crippen LogP) is -2.73. The van der Waals surface area contributed by atoms with Crippen molar-refractivity contribution in [2.45, 2.75) is 6.92 Å². The number of aromatic carboxylic acids is 1. The number of benzene rings is 1. The fourth-order valence-corrected chi connectivity index (χ4v) is 0.973. The second kappa shape index (κ2) is 5.57. The summed E-state index contributed by atoms with van der Waals surface area (Å²) in [7, 11) is 0. The number of carboxylic acid groups (broad SMARTS) is 1. The summed E-state index contributed by atoms with van der Waals surface area (Å²) in [6.45, 7) is 1.65. The van der Waals surface area contributed by atoms with E-state index < -0.39 is 16.6 Å². The van der Waals surface area contributed by atoms with Gasteiger partial charge in [0.2, 0.25) is 0 Å². The van der Waals surface area contributed by atoms with Crippen LogP contribution < -0.4 is 56.5 Å². The van der Waals surface area contributed by atoms with Crippen LogP contribution in [0.4, 0.5) is 5.69 Å². The van der Waals surface area contributed by atoms with Crippen molar-refractivity contribution in [3.8, 4) is 0 Å². The number of carbonyl (C=O) groups excluding carboxylic acids is 1. The summed E-state index contributed by atoms with van der Waals surface area (Å²) in [6.07, 6.45) is 0. The molecule has 0 spiro atoms. The van der Waals surface area contributed by atoms with E-state index in [9.17, 15) is 20.0 Å². The van der Waals surface area contributed by atoms with Gasteiger partial charge < -0.3 is 9.90 Å². The number of aryl methyl sites for hydroxylation is 1. The smallest absolute Gasteiger partial charge is 0.545 e. The largest absolute Gasteiger partial charge is 1.00 e. The van der Waals surface area contributed by atoms with E-state index >= 15 is 0 Å². The molecule has 0 bridgehead atoms. The summed E-state index contributed by atoms with van der Waals surface area (Å²) in [5.41, 5.74) is -0.180. The summed E-state index contributed by atoms with van der Waals surface area (Å²) in [6, 6.07) is 3.85. The molecule has 1 aromatic carbocycles. The Morgan fingerprint density at radius 2 is 2.00 bits per heavy atom. The van der Waals surface area contributed by atoms with E-state index in [0.717, 1.165) is 6.07 Å². The first kappa shape index (κ1) is 13.7. The van der Waals surface area contributed by atoms with Crippen LogP contribution >= 0.6 is 0 Å².